The van der Waals surface area contributed by atoms with Crippen LogP contribution in [0.4, 0.5) is 15.8 Å². The number of nitrogens with one attached hydrogen (secondary N) is 2. The number of nitrogens with zero attached hydrogens (tertiary/aromatic N) is 1. The summed E-state index contributed by atoms with van der Waals surface area (Å²) in [7, 11) is 0. The average Bonchev–Trinajstić information content (AvgIpc) is 3.07. The van der Waals surface area contributed by atoms with Crippen molar-refractivity contribution in [2.45, 2.75) is 0 Å². The van der Waals surface area contributed by atoms with Gasteiger partial charge in [-0.2, -0.15) is 0 Å². The first-order chi connectivity index (χ1) is 15.5. The highest BCUT2D eigenvalue weighted by Gasteiger charge is 2.34. The molecule has 0 bridgehead atoms. The maximum Gasteiger partial charge on any atom is 0.282 e. The number of hydrogen-bond acceptors (Lipinski definition) is 4. The molecule has 0 radical (unpaired) electrons. The molecule has 0 aliphatic carbocycles. The molecular formula is C24H18FN3O4. The number of para-hydroxylation sites is 2. The van der Waals surface area contributed by atoms with Gasteiger partial charge in [0.15, 0.2) is 6.61 Å². The fraction of sp³-hybridized carbons (Fsp3) is 0.0417. The van der Waals surface area contributed by atoms with Gasteiger partial charge < -0.3 is 10.1 Å². The molecule has 1 aliphatic rings. The number of carbonyl (C=O) groups is 3. The lowest BCUT2D eigenvalue weighted by molar-refractivity contribution is -0.118. The summed E-state index contributed by atoms with van der Waals surface area (Å²) < 4.78 is 18.8. The minimum absolute atomic E-state index is 0.0610. The number of hydrogen-bond donors (Lipinski definition) is 2. The van der Waals surface area contributed by atoms with Gasteiger partial charge in [0.1, 0.15) is 17.1 Å². The predicted molar refractivity (Wildman–Crippen MR) is 117 cm³/mol. The van der Waals surface area contributed by atoms with Crippen LogP contribution in [0.1, 0.15) is 5.56 Å². The van der Waals surface area contributed by atoms with Gasteiger partial charge in [0.05, 0.1) is 5.69 Å². The summed E-state index contributed by atoms with van der Waals surface area (Å²) in [5.74, 6) is -1.68. The number of rotatable bonds is 6. The molecule has 1 saturated heterocycles. The zero-order valence-corrected chi connectivity index (χ0v) is 16.7. The lowest BCUT2D eigenvalue weighted by Gasteiger charge is -2.14. The first kappa shape index (κ1) is 20.8. The van der Waals surface area contributed by atoms with E-state index in [4.69, 9.17) is 4.74 Å². The van der Waals surface area contributed by atoms with Crippen LogP contribution < -0.4 is 20.5 Å². The third-order valence-electron chi connectivity index (χ3n) is 4.59. The van der Waals surface area contributed by atoms with Gasteiger partial charge in [-0.05, 0) is 42.5 Å². The normalized spacial score (nSPS) is 14.4. The van der Waals surface area contributed by atoms with E-state index in [1.54, 1.807) is 60.7 Å². The summed E-state index contributed by atoms with van der Waals surface area (Å²) in [6.45, 7) is -0.340. The lowest BCUT2D eigenvalue weighted by Crippen LogP contribution is -2.35. The van der Waals surface area contributed by atoms with E-state index < -0.39 is 23.5 Å². The number of amides is 3. The second-order valence-corrected chi connectivity index (χ2v) is 6.86. The molecule has 3 amide bonds. The van der Waals surface area contributed by atoms with Crippen LogP contribution in [0.2, 0.25) is 0 Å². The van der Waals surface area contributed by atoms with Gasteiger partial charge in [0.2, 0.25) is 0 Å². The fourth-order valence-electron chi connectivity index (χ4n) is 3.11. The van der Waals surface area contributed by atoms with E-state index in [0.29, 0.717) is 22.7 Å². The minimum atomic E-state index is -0.544. The highest BCUT2D eigenvalue weighted by molar-refractivity contribution is 6.31. The molecule has 1 fully saturated rings. The van der Waals surface area contributed by atoms with Crippen molar-refractivity contribution in [1.82, 2.24) is 5.43 Å². The summed E-state index contributed by atoms with van der Waals surface area (Å²) in [5, 5.41) is 3.71. The van der Waals surface area contributed by atoms with Crippen molar-refractivity contribution in [3.05, 3.63) is 95.8 Å². The first-order valence-electron chi connectivity index (χ1n) is 9.71. The Morgan fingerprint density at radius 1 is 1.00 bits per heavy atom. The standard InChI is InChI=1S/C24H18FN3O4/c25-17-8-6-9-18(14-17)26-22(29)15-32-21-12-5-4-7-16(21)13-20-23(30)27-28(24(20)31)19-10-2-1-3-11-19/h1-14H,15H2,(H,26,29)(H,27,30). The maximum absolute atomic E-state index is 13.3. The number of carbonyl (C=O) groups excluding carboxylic acids is 3. The highest BCUT2D eigenvalue weighted by Crippen LogP contribution is 2.25. The molecular weight excluding hydrogens is 413 g/mol. The molecule has 3 aromatic rings. The maximum atomic E-state index is 13.3. The van der Waals surface area contributed by atoms with Gasteiger partial charge in [-0.15, -0.1) is 0 Å². The Bertz CT molecular complexity index is 1210. The van der Waals surface area contributed by atoms with Crippen LogP contribution in [0.3, 0.4) is 0 Å². The van der Waals surface area contributed by atoms with Crippen LogP contribution in [0.25, 0.3) is 6.08 Å². The summed E-state index contributed by atoms with van der Waals surface area (Å²) in [6, 6.07) is 20.9. The zero-order chi connectivity index (χ0) is 22.5. The molecule has 4 rings (SSSR count). The Labute approximate surface area is 183 Å². The second kappa shape index (κ2) is 9.13. The van der Waals surface area contributed by atoms with E-state index in [9.17, 15) is 18.8 Å². The molecule has 3 aromatic carbocycles. The van der Waals surface area contributed by atoms with Crippen LogP contribution >= 0.6 is 0 Å². The molecule has 8 heteroatoms. The smallest absolute Gasteiger partial charge is 0.282 e. The molecule has 0 spiro atoms. The van der Waals surface area contributed by atoms with E-state index in [1.807, 2.05) is 0 Å². The van der Waals surface area contributed by atoms with Crippen molar-refractivity contribution in [2.75, 3.05) is 16.9 Å². The molecule has 160 valence electrons. The number of benzene rings is 3. The van der Waals surface area contributed by atoms with Crippen molar-refractivity contribution in [3.63, 3.8) is 0 Å². The van der Waals surface area contributed by atoms with Gasteiger partial charge in [-0.3, -0.25) is 19.8 Å². The monoisotopic (exact) mass is 431 g/mol. The van der Waals surface area contributed by atoms with E-state index in [-0.39, 0.29) is 12.2 Å². The van der Waals surface area contributed by atoms with Crippen molar-refractivity contribution in [3.8, 4) is 5.75 Å². The number of ether oxygens (including phenoxy) is 1. The Balaban J connectivity index is 1.48. The SMILES string of the molecule is O=C(COc1ccccc1C=C1C(=O)NN(c2ccccc2)C1=O)Nc1cccc(F)c1. The van der Waals surface area contributed by atoms with E-state index in [1.165, 1.54) is 29.3 Å². The Morgan fingerprint density at radius 3 is 2.53 bits per heavy atom. The van der Waals surface area contributed by atoms with Crippen molar-refractivity contribution >= 4 is 35.2 Å². The Morgan fingerprint density at radius 2 is 1.75 bits per heavy atom. The molecule has 1 heterocycles. The minimum Gasteiger partial charge on any atom is -0.483 e. The lowest BCUT2D eigenvalue weighted by atomic mass is 10.1. The molecule has 0 atom stereocenters. The van der Waals surface area contributed by atoms with Crippen LogP contribution in [0, 0.1) is 5.82 Å². The third kappa shape index (κ3) is 4.65. The van der Waals surface area contributed by atoms with Crippen LogP contribution in [0.5, 0.6) is 5.75 Å². The largest absolute Gasteiger partial charge is 0.483 e. The number of halogens is 1. The topological polar surface area (TPSA) is 87.7 Å². The first-order valence-corrected chi connectivity index (χ1v) is 9.71. The Hall–Kier alpha value is -4.46. The van der Waals surface area contributed by atoms with Crippen LogP contribution in [0.15, 0.2) is 84.4 Å². The number of hydrazine groups is 1. The third-order valence-corrected chi connectivity index (χ3v) is 4.59. The molecule has 0 aromatic heterocycles. The average molecular weight is 431 g/mol. The van der Waals surface area contributed by atoms with E-state index in [2.05, 4.69) is 10.7 Å². The molecule has 7 nitrogen and oxygen atoms in total. The molecule has 32 heavy (non-hydrogen) atoms. The highest BCUT2D eigenvalue weighted by atomic mass is 19.1. The van der Waals surface area contributed by atoms with Crippen molar-refractivity contribution < 1.29 is 23.5 Å². The second-order valence-electron chi connectivity index (χ2n) is 6.86. The van der Waals surface area contributed by atoms with Crippen molar-refractivity contribution in [2.24, 2.45) is 0 Å². The molecule has 0 saturated carbocycles. The predicted octanol–water partition coefficient (Wildman–Crippen LogP) is 3.30. The zero-order valence-electron chi connectivity index (χ0n) is 16.7. The van der Waals surface area contributed by atoms with Gasteiger partial charge >= 0.3 is 0 Å². The Kier molecular flexibility index (Phi) is 5.94. The fourth-order valence-corrected chi connectivity index (χ4v) is 3.11. The summed E-state index contributed by atoms with van der Waals surface area (Å²) in [5.41, 5.74) is 3.77. The van der Waals surface area contributed by atoms with Gasteiger partial charge in [-0.25, -0.2) is 9.40 Å². The van der Waals surface area contributed by atoms with Crippen LogP contribution in [-0.2, 0) is 14.4 Å². The quantitative estimate of drug-likeness (QED) is 0.463. The van der Waals surface area contributed by atoms with Gasteiger partial charge in [0.25, 0.3) is 17.7 Å². The van der Waals surface area contributed by atoms with Crippen LogP contribution in [-0.4, -0.2) is 24.3 Å². The van der Waals surface area contributed by atoms with Gasteiger partial charge in [-0.1, -0.05) is 42.5 Å². The summed E-state index contributed by atoms with van der Waals surface area (Å²) in [4.78, 5) is 37.3. The van der Waals surface area contributed by atoms with E-state index in [0.717, 1.165) is 0 Å². The molecule has 0 unspecified atom stereocenters. The summed E-state index contributed by atoms with van der Waals surface area (Å²) in [6.07, 6.45) is 1.42. The van der Waals surface area contributed by atoms with Crippen molar-refractivity contribution in [1.29, 1.82) is 0 Å². The molecule has 1 aliphatic heterocycles. The molecule has 2 N–H and O–H groups in total. The van der Waals surface area contributed by atoms with E-state index >= 15 is 0 Å². The summed E-state index contributed by atoms with van der Waals surface area (Å²) >= 11 is 0. The number of anilines is 2. The van der Waals surface area contributed by atoms with Gasteiger partial charge in [0, 0.05) is 11.3 Å².